The van der Waals surface area contributed by atoms with Crippen molar-refractivity contribution in [2.75, 3.05) is 16.8 Å². The highest BCUT2D eigenvalue weighted by atomic mass is 35.5. The van der Waals surface area contributed by atoms with Gasteiger partial charge in [-0.05, 0) is 30.7 Å². The molecule has 1 atom stereocenters. The van der Waals surface area contributed by atoms with E-state index in [1.54, 1.807) is 24.3 Å². The van der Waals surface area contributed by atoms with Crippen molar-refractivity contribution >= 4 is 45.6 Å². The van der Waals surface area contributed by atoms with E-state index in [0.29, 0.717) is 17.3 Å². The minimum Gasteiger partial charge on any atom is -0.312 e. The van der Waals surface area contributed by atoms with Crippen molar-refractivity contribution in [2.45, 2.75) is 12.6 Å². The number of aromatic nitrogens is 2. The van der Waals surface area contributed by atoms with Crippen LogP contribution >= 0.6 is 22.9 Å². The van der Waals surface area contributed by atoms with Crippen molar-refractivity contribution in [1.82, 2.24) is 10.2 Å². The van der Waals surface area contributed by atoms with Gasteiger partial charge in [-0.1, -0.05) is 22.9 Å². The minimum atomic E-state index is -4.63. The molecule has 1 aliphatic rings. The average Bonchev–Trinajstić information content (AvgIpc) is 3.15. The number of halogens is 4. The highest BCUT2D eigenvalue weighted by molar-refractivity contribution is 7.15. The number of carbonyl (C=O) groups is 2. The highest BCUT2D eigenvalue weighted by Crippen LogP contribution is 2.33. The van der Waals surface area contributed by atoms with Gasteiger partial charge in [0.15, 0.2) is 0 Å². The molecule has 0 spiro atoms. The van der Waals surface area contributed by atoms with E-state index in [1.165, 1.54) is 4.90 Å². The van der Waals surface area contributed by atoms with Gasteiger partial charge in [-0.15, -0.1) is 10.2 Å². The van der Waals surface area contributed by atoms with Gasteiger partial charge in [0, 0.05) is 17.3 Å². The summed E-state index contributed by atoms with van der Waals surface area (Å²) >= 11 is 6.01. The molecule has 0 radical (unpaired) electrons. The second kappa shape index (κ2) is 6.60. The van der Waals surface area contributed by atoms with Gasteiger partial charge in [-0.25, -0.2) is 0 Å². The predicted molar refractivity (Wildman–Crippen MR) is 85.5 cm³/mol. The summed E-state index contributed by atoms with van der Waals surface area (Å²) in [6.07, 6.45) is -4.38. The van der Waals surface area contributed by atoms with Crippen LogP contribution in [0.15, 0.2) is 24.3 Å². The molecule has 6 nitrogen and oxygen atoms in total. The first-order chi connectivity index (χ1) is 11.8. The lowest BCUT2D eigenvalue weighted by Crippen LogP contribution is -2.33. The molecule has 2 aromatic rings. The Bertz CT molecular complexity index is 809. The van der Waals surface area contributed by atoms with Gasteiger partial charge in [0.05, 0.1) is 0 Å². The molecule has 0 bridgehead atoms. The monoisotopic (exact) mass is 390 g/mol. The second-order valence-corrected chi connectivity index (χ2v) is 6.62. The smallest absolute Gasteiger partial charge is 0.312 e. The van der Waals surface area contributed by atoms with E-state index in [0.717, 1.165) is 0 Å². The minimum absolute atomic E-state index is 0.208. The molecule has 25 heavy (non-hydrogen) atoms. The summed E-state index contributed by atoms with van der Waals surface area (Å²) in [5.74, 6) is -2.12. The molecule has 2 heterocycles. The molecule has 3 rings (SSSR count). The standard InChI is InChI=1S/C14H10ClF3N4O2S/c15-7-1-3-8(4-2-7)22-6-5-9(11(22)24)10(23)19-13-21-20-12(25-13)14(16,17)18/h1-4,9H,5-6H2,(H,19,21,23). The zero-order chi connectivity index (χ0) is 18.2. The van der Waals surface area contributed by atoms with Crippen molar-refractivity contribution in [3.8, 4) is 0 Å². The Kier molecular flexibility index (Phi) is 4.65. The molecule has 1 aromatic heterocycles. The third kappa shape index (κ3) is 3.74. The number of rotatable bonds is 3. The molecular formula is C14H10ClF3N4O2S. The summed E-state index contributed by atoms with van der Waals surface area (Å²) in [7, 11) is 0. The third-order valence-corrected chi connectivity index (χ3v) is 4.69. The van der Waals surface area contributed by atoms with Gasteiger partial charge in [-0.2, -0.15) is 13.2 Å². The van der Waals surface area contributed by atoms with Crippen LogP contribution in [0, 0.1) is 5.92 Å². The summed E-state index contributed by atoms with van der Waals surface area (Å²) in [4.78, 5) is 26.0. The Labute approximate surface area is 148 Å². The van der Waals surface area contributed by atoms with Crippen LogP contribution in [-0.4, -0.2) is 28.6 Å². The molecule has 1 unspecified atom stereocenters. The molecule has 0 aliphatic carbocycles. The Morgan fingerprint density at radius 2 is 1.96 bits per heavy atom. The van der Waals surface area contributed by atoms with Crippen LogP contribution in [0.5, 0.6) is 0 Å². The van der Waals surface area contributed by atoms with E-state index in [9.17, 15) is 22.8 Å². The van der Waals surface area contributed by atoms with Crippen molar-refractivity contribution in [2.24, 2.45) is 5.92 Å². The fourth-order valence-electron chi connectivity index (χ4n) is 2.38. The first-order valence-corrected chi connectivity index (χ1v) is 8.23. The van der Waals surface area contributed by atoms with E-state index in [4.69, 9.17) is 11.6 Å². The van der Waals surface area contributed by atoms with Gasteiger partial charge in [0.1, 0.15) is 5.92 Å². The highest BCUT2D eigenvalue weighted by Gasteiger charge is 2.39. The molecule has 1 aromatic carbocycles. The molecular weight excluding hydrogens is 381 g/mol. The number of alkyl halides is 3. The van der Waals surface area contributed by atoms with Crippen LogP contribution in [0.3, 0.4) is 0 Å². The van der Waals surface area contributed by atoms with Gasteiger partial charge in [0.25, 0.3) is 0 Å². The van der Waals surface area contributed by atoms with Crippen LogP contribution in [0.2, 0.25) is 5.02 Å². The summed E-state index contributed by atoms with van der Waals surface area (Å²) < 4.78 is 37.5. The molecule has 11 heteroatoms. The fourth-order valence-corrected chi connectivity index (χ4v) is 3.12. The molecule has 1 saturated heterocycles. The lowest BCUT2D eigenvalue weighted by atomic mass is 10.1. The van der Waals surface area contributed by atoms with E-state index in [-0.39, 0.29) is 22.9 Å². The van der Waals surface area contributed by atoms with Crippen LogP contribution < -0.4 is 10.2 Å². The predicted octanol–water partition coefficient (Wildman–Crippen LogP) is 3.20. The Morgan fingerprint density at radius 1 is 1.28 bits per heavy atom. The number of amides is 2. The zero-order valence-electron chi connectivity index (χ0n) is 12.4. The lowest BCUT2D eigenvalue weighted by Gasteiger charge is -2.16. The maximum absolute atomic E-state index is 12.5. The number of anilines is 2. The van der Waals surface area contributed by atoms with Gasteiger partial charge < -0.3 is 4.90 Å². The van der Waals surface area contributed by atoms with Crippen LogP contribution in [0.25, 0.3) is 0 Å². The number of benzene rings is 1. The van der Waals surface area contributed by atoms with E-state index < -0.39 is 28.9 Å². The van der Waals surface area contributed by atoms with Crippen molar-refractivity contribution in [3.63, 3.8) is 0 Å². The molecule has 1 N–H and O–H groups in total. The number of hydrogen-bond acceptors (Lipinski definition) is 5. The lowest BCUT2D eigenvalue weighted by molar-refractivity contribution is -0.138. The Morgan fingerprint density at radius 3 is 2.56 bits per heavy atom. The second-order valence-electron chi connectivity index (χ2n) is 5.21. The third-order valence-electron chi connectivity index (χ3n) is 3.56. The maximum atomic E-state index is 12.5. The van der Waals surface area contributed by atoms with Crippen LogP contribution in [0.4, 0.5) is 24.0 Å². The summed E-state index contributed by atoms with van der Waals surface area (Å²) in [6, 6.07) is 6.55. The Balaban J connectivity index is 1.68. The first kappa shape index (κ1) is 17.6. The van der Waals surface area contributed by atoms with Crippen molar-refractivity contribution < 1.29 is 22.8 Å². The quantitative estimate of drug-likeness (QED) is 0.817. The van der Waals surface area contributed by atoms with Gasteiger partial charge in [0.2, 0.25) is 22.0 Å². The molecule has 0 saturated carbocycles. The normalized spacial score (nSPS) is 17.8. The number of nitrogens with one attached hydrogen (secondary N) is 1. The van der Waals surface area contributed by atoms with Crippen LogP contribution in [-0.2, 0) is 15.8 Å². The van der Waals surface area contributed by atoms with Gasteiger partial charge >= 0.3 is 6.18 Å². The molecule has 1 fully saturated rings. The number of carbonyl (C=O) groups excluding carboxylic acids is 2. The molecule has 2 amide bonds. The zero-order valence-corrected chi connectivity index (χ0v) is 14.0. The summed E-state index contributed by atoms with van der Waals surface area (Å²) in [5.41, 5.74) is 0.597. The van der Waals surface area contributed by atoms with Crippen molar-refractivity contribution in [1.29, 1.82) is 0 Å². The molecule has 132 valence electrons. The topological polar surface area (TPSA) is 75.2 Å². The average molecular weight is 391 g/mol. The summed E-state index contributed by atoms with van der Waals surface area (Å²) in [6.45, 7) is 0.322. The van der Waals surface area contributed by atoms with E-state index in [1.807, 2.05) is 0 Å². The summed E-state index contributed by atoms with van der Waals surface area (Å²) in [5, 5.41) is 7.54. The number of hydrogen-bond donors (Lipinski definition) is 1. The SMILES string of the molecule is O=C(Nc1nnc(C(F)(F)F)s1)C1CCN(c2ccc(Cl)cc2)C1=O. The first-order valence-electron chi connectivity index (χ1n) is 7.04. The largest absolute Gasteiger partial charge is 0.445 e. The number of nitrogens with zero attached hydrogens (tertiary/aromatic N) is 3. The fraction of sp³-hybridized carbons (Fsp3) is 0.286. The maximum Gasteiger partial charge on any atom is 0.445 e. The Hall–Kier alpha value is -2.20. The van der Waals surface area contributed by atoms with E-state index in [2.05, 4.69) is 15.5 Å². The van der Waals surface area contributed by atoms with Crippen LogP contribution in [0.1, 0.15) is 11.4 Å². The van der Waals surface area contributed by atoms with Gasteiger partial charge in [-0.3, -0.25) is 14.9 Å². The van der Waals surface area contributed by atoms with Crippen molar-refractivity contribution in [3.05, 3.63) is 34.3 Å². The molecule has 1 aliphatic heterocycles. The van der Waals surface area contributed by atoms with E-state index >= 15 is 0 Å².